The van der Waals surface area contributed by atoms with E-state index in [-0.39, 0.29) is 5.82 Å². The van der Waals surface area contributed by atoms with Gasteiger partial charge in [-0.25, -0.2) is 13.8 Å². The Morgan fingerprint density at radius 1 is 0.895 bits per heavy atom. The van der Waals surface area contributed by atoms with Crippen LogP contribution in [0.25, 0.3) is 16.9 Å². The number of alkyl halides is 2. The first-order valence-electron chi connectivity index (χ1n) is 14.1. The van der Waals surface area contributed by atoms with Crippen LogP contribution in [-0.2, 0) is 4.74 Å². The largest absolute Gasteiger partial charge is 0.378 e. The van der Waals surface area contributed by atoms with Crippen LogP contribution in [0.1, 0.15) is 57.2 Å². The molecular weight excluding hydrogens is 488 g/mol. The standard InChI is InChI=1S/C28H37F2N7O/c29-26(30)27-32-22-6-2-3-7-23(22)37(27)25-18-24(36-14-16-38-17-15-36)33-28(34-25)31-19-20-8-10-21(11-9-20)35-12-4-1-5-13-35/h2-3,6-7,18,20-21,26H,1,4-5,8-17,19H2,(H,31,33,34)/t20-,21-. The summed E-state index contributed by atoms with van der Waals surface area (Å²) < 4.78 is 35.2. The molecule has 4 heterocycles. The van der Waals surface area contributed by atoms with Gasteiger partial charge in [-0.3, -0.25) is 4.57 Å². The van der Waals surface area contributed by atoms with E-state index in [0.717, 1.165) is 12.6 Å². The third kappa shape index (κ3) is 5.47. The van der Waals surface area contributed by atoms with Crippen LogP contribution < -0.4 is 10.2 Å². The molecule has 1 aromatic carbocycles. The van der Waals surface area contributed by atoms with Crippen molar-refractivity contribution in [2.45, 2.75) is 57.4 Å². The first-order chi connectivity index (χ1) is 18.7. The third-order valence-corrected chi connectivity index (χ3v) is 8.32. The molecule has 2 aliphatic heterocycles. The molecule has 10 heteroatoms. The van der Waals surface area contributed by atoms with E-state index in [9.17, 15) is 8.78 Å². The average Bonchev–Trinajstić information content (AvgIpc) is 3.37. The molecule has 2 saturated heterocycles. The predicted molar refractivity (Wildman–Crippen MR) is 144 cm³/mol. The van der Waals surface area contributed by atoms with Gasteiger partial charge in [0.1, 0.15) is 11.6 Å². The molecule has 3 fully saturated rings. The number of aromatic nitrogens is 4. The van der Waals surface area contributed by atoms with Crippen molar-refractivity contribution in [1.82, 2.24) is 24.4 Å². The normalized spacial score (nSPS) is 23.3. The summed E-state index contributed by atoms with van der Waals surface area (Å²) in [5.74, 6) is 1.84. The van der Waals surface area contributed by atoms with Crippen molar-refractivity contribution < 1.29 is 13.5 Å². The first kappa shape index (κ1) is 25.4. The second-order valence-corrected chi connectivity index (χ2v) is 10.8. The van der Waals surface area contributed by atoms with E-state index in [2.05, 4.69) is 20.1 Å². The molecule has 38 heavy (non-hydrogen) atoms. The number of piperidine rings is 1. The van der Waals surface area contributed by atoms with Crippen molar-refractivity contribution in [1.29, 1.82) is 0 Å². The van der Waals surface area contributed by atoms with Gasteiger partial charge in [0.25, 0.3) is 6.43 Å². The zero-order valence-electron chi connectivity index (χ0n) is 21.9. The lowest BCUT2D eigenvalue weighted by molar-refractivity contribution is 0.117. The summed E-state index contributed by atoms with van der Waals surface area (Å²) in [5, 5.41) is 3.47. The fraction of sp³-hybridized carbons (Fsp3) is 0.607. The number of imidazole rings is 1. The molecule has 0 unspecified atom stereocenters. The second-order valence-electron chi connectivity index (χ2n) is 10.8. The number of para-hydroxylation sites is 2. The maximum atomic E-state index is 14.1. The van der Waals surface area contributed by atoms with Crippen LogP contribution in [0.3, 0.4) is 0 Å². The van der Waals surface area contributed by atoms with E-state index in [4.69, 9.17) is 14.7 Å². The first-order valence-corrected chi connectivity index (χ1v) is 14.1. The number of hydrogen-bond donors (Lipinski definition) is 1. The van der Waals surface area contributed by atoms with Crippen molar-refractivity contribution in [2.24, 2.45) is 5.92 Å². The lowest BCUT2D eigenvalue weighted by atomic mass is 9.84. The molecule has 3 aliphatic rings. The van der Waals surface area contributed by atoms with Crippen molar-refractivity contribution in [3.63, 3.8) is 0 Å². The quantitative estimate of drug-likeness (QED) is 0.463. The summed E-state index contributed by atoms with van der Waals surface area (Å²) >= 11 is 0. The molecule has 0 radical (unpaired) electrons. The number of anilines is 2. The SMILES string of the molecule is FC(F)c1nc2ccccc2n1-c1cc(N2CCOCC2)nc(NC[C@H]2CC[C@H](N3CCCCC3)CC2)n1. The minimum absolute atomic E-state index is 0.306. The molecule has 204 valence electrons. The number of rotatable bonds is 7. The topological polar surface area (TPSA) is 71.3 Å². The van der Waals surface area contributed by atoms with Crippen LogP contribution in [0, 0.1) is 5.92 Å². The summed E-state index contributed by atoms with van der Waals surface area (Å²) in [6.07, 6.45) is 6.17. The molecule has 0 atom stereocenters. The highest BCUT2D eigenvalue weighted by Crippen LogP contribution is 2.31. The number of morpholine rings is 1. The maximum absolute atomic E-state index is 14.1. The number of hydrogen-bond acceptors (Lipinski definition) is 7. The van der Waals surface area contributed by atoms with Crippen LogP contribution in [0.5, 0.6) is 0 Å². The number of halogens is 2. The van der Waals surface area contributed by atoms with Crippen molar-refractivity contribution in [3.05, 3.63) is 36.2 Å². The predicted octanol–water partition coefficient (Wildman–Crippen LogP) is 5.05. The van der Waals surface area contributed by atoms with Gasteiger partial charge in [-0.2, -0.15) is 9.97 Å². The molecule has 1 N–H and O–H groups in total. The van der Waals surface area contributed by atoms with Crippen molar-refractivity contribution in [3.8, 4) is 5.82 Å². The molecule has 1 saturated carbocycles. The Morgan fingerprint density at radius 2 is 1.63 bits per heavy atom. The Balaban J connectivity index is 1.24. The number of likely N-dealkylation sites (tertiary alicyclic amines) is 1. The summed E-state index contributed by atoms with van der Waals surface area (Å²) in [6, 6.07) is 9.71. The molecule has 0 spiro atoms. The molecule has 8 nitrogen and oxygen atoms in total. The zero-order chi connectivity index (χ0) is 25.9. The van der Waals surface area contributed by atoms with Gasteiger partial charge < -0.3 is 19.9 Å². The molecule has 6 rings (SSSR count). The van der Waals surface area contributed by atoms with E-state index in [0.29, 0.717) is 60.8 Å². The average molecular weight is 526 g/mol. The Morgan fingerprint density at radius 3 is 2.39 bits per heavy atom. The van der Waals surface area contributed by atoms with Crippen molar-refractivity contribution >= 4 is 22.8 Å². The van der Waals surface area contributed by atoms with Gasteiger partial charge in [0.2, 0.25) is 5.95 Å². The Kier molecular flexibility index (Phi) is 7.69. The lowest BCUT2D eigenvalue weighted by Gasteiger charge is -2.39. The van der Waals surface area contributed by atoms with E-state index in [1.165, 1.54) is 62.6 Å². The van der Waals surface area contributed by atoms with Crippen LogP contribution in [0.4, 0.5) is 20.5 Å². The summed E-state index contributed by atoms with van der Waals surface area (Å²) in [6.45, 7) is 5.90. The maximum Gasteiger partial charge on any atom is 0.296 e. The van der Waals surface area contributed by atoms with E-state index >= 15 is 0 Å². The van der Waals surface area contributed by atoms with Gasteiger partial charge >= 0.3 is 0 Å². The number of nitrogens with one attached hydrogen (secondary N) is 1. The van der Waals surface area contributed by atoms with Gasteiger partial charge in [0, 0.05) is 31.7 Å². The highest BCUT2D eigenvalue weighted by molar-refractivity contribution is 5.78. The summed E-state index contributed by atoms with van der Waals surface area (Å²) in [7, 11) is 0. The van der Waals surface area contributed by atoms with Crippen LogP contribution >= 0.6 is 0 Å². The van der Waals surface area contributed by atoms with Gasteiger partial charge in [0.15, 0.2) is 5.82 Å². The molecule has 0 bridgehead atoms. The third-order valence-electron chi connectivity index (χ3n) is 8.32. The fourth-order valence-corrected chi connectivity index (χ4v) is 6.24. The number of ether oxygens (including phenoxy) is 1. The minimum Gasteiger partial charge on any atom is -0.378 e. The van der Waals surface area contributed by atoms with Crippen LogP contribution in [0.2, 0.25) is 0 Å². The Bertz CT molecular complexity index is 1220. The molecule has 1 aliphatic carbocycles. The smallest absolute Gasteiger partial charge is 0.296 e. The van der Waals surface area contributed by atoms with Crippen LogP contribution in [-0.4, -0.2) is 76.4 Å². The fourth-order valence-electron chi connectivity index (χ4n) is 6.24. The monoisotopic (exact) mass is 525 g/mol. The number of benzene rings is 1. The minimum atomic E-state index is -2.73. The highest BCUT2D eigenvalue weighted by atomic mass is 19.3. The van der Waals surface area contributed by atoms with Crippen molar-refractivity contribution in [2.75, 3.05) is 56.2 Å². The molecule has 0 amide bonds. The molecular formula is C28H37F2N7O. The van der Waals surface area contributed by atoms with E-state index < -0.39 is 6.43 Å². The molecule has 2 aromatic heterocycles. The van der Waals surface area contributed by atoms with Gasteiger partial charge in [-0.1, -0.05) is 18.6 Å². The Labute approximate surface area is 222 Å². The lowest BCUT2D eigenvalue weighted by Crippen LogP contribution is -2.41. The molecule has 3 aromatic rings. The van der Waals surface area contributed by atoms with Gasteiger partial charge in [-0.05, 0) is 69.7 Å². The summed E-state index contributed by atoms with van der Waals surface area (Å²) in [5.41, 5.74) is 1.13. The van der Waals surface area contributed by atoms with Gasteiger partial charge in [0.05, 0.1) is 24.2 Å². The second kappa shape index (κ2) is 11.5. The summed E-state index contributed by atoms with van der Waals surface area (Å²) in [4.78, 5) is 18.6. The van der Waals surface area contributed by atoms with Gasteiger partial charge in [-0.15, -0.1) is 0 Å². The Hall–Kier alpha value is -2.85. The van der Waals surface area contributed by atoms with E-state index in [1.54, 1.807) is 24.3 Å². The zero-order valence-corrected chi connectivity index (χ0v) is 21.9. The highest BCUT2D eigenvalue weighted by Gasteiger charge is 2.27. The number of fused-ring (bicyclic) bond motifs is 1. The van der Waals surface area contributed by atoms with E-state index in [1.807, 2.05) is 6.07 Å². The number of nitrogens with zero attached hydrogens (tertiary/aromatic N) is 6. The van der Waals surface area contributed by atoms with Crippen LogP contribution in [0.15, 0.2) is 30.3 Å².